The highest BCUT2D eigenvalue weighted by Crippen LogP contribution is 2.23. The van der Waals surface area contributed by atoms with Gasteiger partial charge in [-0.2, -0.15) is 5.26 Å². The molecule has 0 amide bonds. The van der Waals surface area contributed by atoms with Crippen molar-refractivity contribution in [3.8, 4) is 6.07 Å². The van der Waals surface area contributed by atoms with Crippen LogP contribution >= 0.6 is 0 Å². The molecule has 5 heteroatoms. The molecule has 2 aromatic rings. The second-order valence-electron chi connectivity index (χ2n) is 5.76. The van der Waals surface area contributed by atoms with Crippen LogP contribution in [-0.4, -0.2) is 23.3 Å². The molecule has 1 aromatic heterocycles. The minimum atomic E-state index is -0.569. The summed E-state index contributed by atoms with van der Waals surface area (Å²) in [4.78, 5) is 28.1. The van der Waals surface area contributed by atoms with E-state index in [-0.39, 0.29) is 23.3 Å². The fraction of sp³-hybridized carbons (Fsp3) is 0.250. The number of nitriles is 1. The minimum Gasteiger partial charge on any atom is -0.462 e. The quantitative estimate of drug-likeness (QED) is 0.388. The molecule has 0 saturated carbocycles. The standard InChI is InChI=1S/C20H20N2O3/c1-5-25-20(24)18-14(4)22-13(3)17(18)19(23)16(11-21)10-15-8-6-12(2)7-9-15/h6-10,22H,5H2,1-4H3/b16-10+. The molecule has 1 heterocycles. The van der Waals surface area contributed by atoms with E-state index in [1.807, 2.05) is 37.3 Å². The highest BCUT2D eigenvalue weighted by Gasteiger charge is 2.27. The second kappa shape index (κ2) is 7.63. The molecule has 0 atom stereocenters. The number of Topliss-reactive ketones (excluding diaryl/α,β-unsaturated/α-hetero) is 1. The molecular formula is C20H20N2O3. The van der Waals surface area contributed by atoms with E-state index < -0.39 is 11.8 Å². The van der Waals surface area contributed by atoms with Crippen LogP contribution in [0.3, 0.4) is 0 Å². The summed E-state index contributed by atoms with van der Waals surface area (Å²) in [6.07, 6.45) is 1.53. The Balaban J connectivity index is 2.50. The van der Waals surface area contributed by atoms with Crippen LogP contribution in [-0.2, 0) is 4.74 Å². The van der Waals surface area contributed by atoms with Crippen LogP contribution in [0.25, 0.3) is 6.08 Å². The number of nitrogens with zero attached hydrogens (tertiary/aromatic N) is 1. The van der Waals surface area contributed by atoms with Crippen LogP contribution in [0.15, 0.2) is 29.8 Å². The van der Waals surface area contributed by atoms with Gasteiger partial charge in [0.1, 0.15) is 11.6 Å². The zero-order chi connectivity index (χ0) is 18.6. The lowest BCUT2D eigenvalue weighted by Crippen LogP contribution is -2.13. The number of ketones is 1. The van der Waals surface area contributed by atoms with E-state index in [2.05, 4.69) is 4.98 Å². The van der Waals surface area contributed by atoms with E-state index in [0.717, 1.165) is 11.1 Å². The van der Waals surface area contributed by atoms with Crippen molar-refractivity contribution < 1.29 is 14.3 Å². The number of hydrogen-bond donors (Lipinski definition) is 1. The van der Waals surface area contributed by atoms with Crippen molar-refractivity contribution >= 4 is 17.8 Å². The molecule has 128 valence electrons. The normalized spacial score (nSPS) is 11.1. The molecule has 0 aliphatic carbocycles. The Morgan fingerprint density at radius 2 is 1.72 bits per heavy atom. The van der Waals surface area contributed by atoms with Crippen LogP contribution in [0, 0.1) is 32.1 Å². The predicted molar refractivity (Wildman–Crippen MR) is 95.3 cm³/mol. The molecule has 0 fully saturated rings. The number of rotatable bonds is 5. The third-order valence-corrected chi connectivity index (χ3v) is 3.84. The lowest BCUT2D eigenvalue weighted by molar-refractivity contribution is 0.0523. The van der Waals surface area contributed by atoms with Crippen molar-refractivity contribution in [1.82, 2.24) is 4.98 Å². The van der Waals surface area contributed by atoms with Crippen LogP contribution in [0.5, 0.6) is 0 Å². The zero-order valence-corrected chi connectivity index (χ0v) is 14.8. The first-order valence-corrected chi connectivity index (χ1v) is 7.98. The number of aromatic nitrogens is 1. The van der Waals surface area contributed by atoms with Gasteiger partial charge in [0.15, 0.2) is 0 Å². The average molecular weight is 336 g/mol. The highest BCUT2D eigenvalue weighted by atomic mass is 16.5. The minimum absolute atomic E-state index is 0.0310. The molecule has 5 nitrogen and oxygen atoms in total. The third-order valence-electron chi connectivity index (χ3n) is 3.84. The first kappa shape index (κ1) is 18.2. The number of esters is 1. The molecule has 1 N–H and O–H groups in total. The van der Waals surface area contributed by atoms with Crippen LogP contribution in [0.4, 0.5) is 0 Å². The van der Waals surface area contributed by atoms with Gasteiger partial charge in [0.25, 0.3) is 0 Å². The van der Waals surface area contributed by atoms with E-state index in [0.29, 0.717) is 11.4 Å². The summed E-state index contributed by atoms with van der Waals surface area (Å²) in [5, 5.41) is 9.44. The predicted octanol–water partition coefficient (Wildman–Crippen LogP) is 3.91. The van der Waals surface area contributed by atoms with Crippen molar-refractivity contribution in [3.05, 3.63) is 63.5 Å². The summed E-state index contributed by atoms with van der Waals surface area (Å²) in [6, 6.07) is 9.42. The lowest BCUT2D eigenvalue weighted by Gasteiger charge is -2.05. The number of ether oxygens (including phenoxy) is 1. The number of allylic oxidation sites excluding steroid dienone is 1. The molecule has 0 radical (unpaired) electrons. The second-order valence-corrected chi connectivity index (χ2v) is 5.76. The van der Waals surface area contributed by atoms with Crippen molar-refractivity contribution in [2.75, 3.05) is 6.61 Å². The number of hydrogen-bond acceptors (Lipinski definition) is 4. The summed E-state index contributed by atoms with van der Waals surface area (Å²) in [7, 11) is 0. The number of benzene rings is 1. The summed E-state index contributed by atoms with van der Waals surface area (Å²) in [5.41, 5.74) is 3.27. The van der Waals surface area contributed by atoms with Gasteiger partial charge in [-0.1, -0.05) is 29.8 Å². The van der Waals surface area contributed by atoms with Gasteiger partial charge in [-0.3, -0.25) is 4.79 Å². The van der Waals surface area contributed by atoms with E-state index in [9.17, 15) is 14.9 Å². The van der Waals surface area contributed by atoms with E-state index >= 15 is 0 Å². The number of aryl methyl sites for hydroxylation is 3. The average Bonchev–Trinajstić information content (AvgIpc) is 2.88. The molecule has 0 unspecified atom stereocenters. The molecule has 0 aliphatic heterocycles. The van der Waals surface area contributed by atoms with Gasteiger partial charge < -0.3 is 9.72 Å². The fourth-order valence-corrected chi connectivity index (χ4v) is 2.64. The molecule has 25 heavy (non-hydrogen) atoms. The maximum absolute atomic E-state index is 12.9. The van der Waals surface area contributed by atoms with E-state index in [1.54, 1.807) is 20.8 Å². The monoisotopic (exact) mass is 336 g/mol. The van der Waals surface area contributed by atoms with Crippen LogP contribution < -0.4 is 0 Å². The van der Waals surface area contributed by atoms with Gasteiger partial charge in [-0.15, -0.1) is 0 Å². The maximum atomic E-state index is 12.9. The number of H-pyrrole nitrogens is 1. The first-order chi connectivity index (χ1) is 11.9. The Morgan fingerprint density at radius 3 is 2.28 bits per heavy atom. The smallest absolute Gasteiger partial charge is 0.340 e. The van der Waals surface area contributed by atoms with E-state index in [1.165, 1.54) is 6.08 Å². The Labute approximate surface area is 146 Å². The highest BCUT2D eigenvalue weighted by molar-refractivity contribution is 6.19. The molecule has 2 rings (SSSR count). The lowest BCUT2D eigenvalue weighted by atomic mass is 9.97. The first-order valence-electron chi connectivity index (χ1n) is 7.98. The summed E-state index contributed by atoms with van der Waals surface area (Å²) >= 11 is 0. The van der Waals surface area contributed by atoms with E-state index in [4.69, 9.17) is 4.74 Å². The Morgan fingerprint density at radius 1 is 1.12 bits per heavy atom. The summed E-state index contributed by atoms with van der Waals surface area (Å²) < 4.78 is 5.04. The number of carbonyl (C=O) groups is 2. The third kappa shape index (κ3) is 3.86. The summed E-state index contributed by atoms with van der Waals surface area (Å²) in [5.74, 6) is -1.06. The van der Waals surface area contributed by atoms with Gasteiger partial charge >= 0.3 is 5.97 Å². The Kier molecular flexibility index (Phi) is 5.56. The molecule has 0 aliphatic rings. The Hall–Kier alpha value is -3.13. The topological polar surface area (TPSA) is 83.0 Å². The number of aromatic amines is 1. The molecule has 0 saturated heterocycles. The molecular weight excluding hydrogens is 316 g/mol. The van der Waals surface area contributed by atoms with Crippen LogP contribution in [0.2, 0.25) is 0 Å². The van der Waals surface area contributed by atoms with Crippen LogP contribution in [0.1, 0.15) is 50.2 Å². The van der Waals surface area contributed by atoms with Crippen molar-refractivity contribution in [2.24, 2.45) is 0 Å². The van der Waals surface area contributed by atoms with Gasteiger partial charge in [0.2, 0.25) is 5.78 Å². The largest absolute Gasteiger partial charge is 0.462 e. The summed E-state index contributed by atoms with van der Waals surface area (Å²) in [6.45, 7) is 7.27. The molecule has 0 bridgehead atoms. The zero-order valence-electron chi connectivity index (χ0n) is 14.8. The van der Waals surface area contributed by atoms with Gasteiger partial charge in [0.05, 0.1) is 17.7 Å². The van der Waals surface area contributed by atoms with Gasteiger partial charge in [-0.05, 0) is 39.3 Å². The fourth-order valence-electron chi connectivity index (χ4n) is 2.64. The molecule has 1 aromatic carbocycles. The Bertz CT molecular complexity index is 881. The SMILES string of the molecule is CCOC(=O)c1c(C)[nH]c(C)c1C(=O)/C(C#N)=C/c1ccc(C)cc1. The number of carbonyl (C=O) groups excluding carboxylic acids is 2. The van der Waals surface area contributed by atoms with Crippen molar-refractivity contribution in [1.29, 1.82) is 5.26 Å². The maximum Gasteiger partial charge on any atom is 0.340 e. The number of nitrogens with one attached hydrogen (secondary N) is 1. The molecule has 0 spiro atoms. The van der Waals surface area contributed by atoms with Gasteiger partial charge in [-0.25, -0.2) is 4.79 Å². The van der Waals surface area contributed by atoms with Crippen molar-refractivity contribution in [3.63, 3.8) is 0 Å². The van der Waals surface area contributed by atoms with Gasteiger partial charge in [0, 0.05) is 11.4 Å². The van der Waals surface area contributed by atoms with Crippen molar-refractivity contribution in [2.45, 2.75) is 27.7 Å².